The van der Waals surface area contributed by atoms with Crippen LogP contribution in [0.25, 0.3) is 0 Å². The third-order valence-electron chi connectivity index (χ3n) is 2.84. The first kappa shape index (κ1) is 12.9. The Hall–Kier alpha value is -1.54. The molecule has 0 radical (unpaired) electrons. The molecule has 1 aliphatic rings. The van der Waals surface area contributed by atoms with Gasteiger partial charge in [0.25, 0.3) is 0 Å². The number of rotatable bonds is 4. The number of esters is 1. The summed E-state index contributed by atoms with van der Waals surface area (Å²) < 4.78 is 4.83. The monoisotopic (exact) mass is 262 g/mol. The van der Waals surface area contributed by atoms with Crippen LogP contribution in [0.3, 0.4) is 0 Å². The molecule has 0 unspecified atom stereocenters. The number of ether oxygens (including phenoxy) is 1. The summed E-state index contributed by atoms with van der Waals surface area (Å²) >= 11 is 1.64. The van der Waals surface area contributed by atoms with Crippen LogP contribution in [0.1, 0.15) is 36.0 Å². The first-order valence-electron chi connectivity index (χ1n) is 5.97. The number of hydrogen-bond donors (Lipinski definition) is 0. The molecule has 0 spiro atoms. The number of thioether (sulfide) groups is 1. The van der Waals surface area contributed by atoms with Crippen molar-refractivity contribution in [1.29, 1.82) is 5.26 Å². The summed E-state index contributed by atoms with van der Waals surface area (Å²) in [6.45, 7) is -0.221. The first-order chi connectivity index (χ1) is 8.81. The van der Waals surface area contributed by atoms with Crippen molar-refractivity contribution in [3.8, 4) is 6.07 Å². The van der Waals surface area contributed by atoms with Crippen LogP contribution in [-0.4, -0.2) is 22.8 Å². The Labute approximate surface area is 110 Å². The maximum absolute atomic E-state index is 11.8. The van der Waals surface area contributed by atoms with Crippen molar-refractivity contribution in [1.82, 2.24) is 4.98 Å². The van der Waals surface area contributed by atoms with E-state index >= 15 is 0 Å². The van der Waals surface area contributed by atoms with Crippen molar-refractivity contribution in [2.45, 2.75) is 36.0 Å². The van der Waals surface area contributed by atoms with Gasteiger partial charge in [0.15, 0.2) is 6.61 Å². The zero-order valence-corrected chi connectivity index (χ0v) is 10.8. The molecule has 0 aromatic carbocycles. The highest BCUT2D eigenvalue weighted by molar-refractivity contribution is 7.99. The van der Waals surface area contributed by atoms with Gasteiger partial charge in [0, 0.05) is 11.4 Å². The van der Waals surface area contributed by atoms with Crippen LogP contribution in [-0.2, 0) is 4.74 Å². The molecule has 1 aromatic rings. The minimum Gasteiger partial charge on any atom is -0.447 e. The lowest BCUT2D eigenvalue weighted by Gasteiger charge is -2.10. The molecule has 0 saturated heterocycles. The van der Waals surface area contributed by atoms with Crippen molar-refractivity contribution in [3.05, 3.63) is 23.9 Å². The van der Waals surface area contributed by atoms with Gasteiger partial charge in [0.1, 0.15) is 11.1 Å². The van der Waals surface area contributed by atoms with Gasteiger partial charge in [-0.1, -0.05) is 12.8 Å². The molecule has 1 saturated carbocycles. The molecular formula is C13H14N2O2S. The summed E-state index contributed by atoms with van der Waals surface area (Å²) in [7, 11) is 0. The van der Waals surface area contributed by atoms with Crippen LogP contribution in [0.15, 0.2) is 23.4 Å². The lowest BCUT2D eigenvalue weighted by molar-refractivity contribution is 0.0550. The zero-order valence-electron chi connectivity index (χ0n) is 9.96. The molecule has 0 bridgehead atoms. The van der Waals surface area contributed by atoms with E-state index in [1.165, 1.54) is 25.7 Å². The van der Waals surface area contributed by atoms with E-state index in [1.807, 2.05) is 0 Å². The average molecular weight is 262 g/mol. The molecule has 0 amide bonds. The molecule has 0 N–H and O–H groups in total. The van der Waals surface area contributed by atoms with Crippen LogP contribution in [0.4, 0.5) is 0 Å². The van der Waals surface area contributed by atoms with Crippen LogP contribution in [0.2, 0.25) is 0 Å². The topological polar surface area (TPSA) is 63.0 Å². The smallest absolute Gasteiger partial charge is 0.341 e. The highest BCUT2D eigenvalue weighted by Crippen LogP contribution is 2.35. The minimum atomic E-state index is -0.467. The Kier molecular flexibility index (Phi) is 4.59. The molecule has 0 atom stereocenters. The standard InChI is InChI=1S/C13H14N2O2S/c14-7-9-17-13(16)11-6-3-8-15-12(11)18-10-4-1-2-5-10/h3,6,8,10H,1-2,4-5,9H2. The van der Waals surface area contributed by atoms with Crippen molar-refractivity contribution in [2.75, 3.05) is 6.61 Å². The van der Waals surface area contributed by atoms with E-state index in [1.54, 1.807) is 36.2 Å². The third kappa shape index (κ3) is 3.23. The first-order valence-corrected chi connectivity index (χ1v) is 6.85. The second-order valence-corrected chi connectivity index (χ2v) is 5.40. The van der Waals surface area contributed by atoms with Crippen molar-refractivity contribution < 1.29 is 9.53 Å². The number of carbonyl (C=O) groups excluding carboxylic acids is 1. The molecule has 1 aromatic heterocycles. The Bertz CT molecular complexity index is 464. The normalized spacial score (nSPS) is 15.3. The molecule has 2 rings (SSSR count). The van der Waals surface area contributed by atoms with Crippen LogP contribution in [0, 0.1) is 11.3 Å². The van der Waals surface area contributed by atoms with Gasteiger partial charge in [0.2, 0.25) is 0 Å². The summed E-state index contributed by atoms with van der Waals surface area (Å²) in [4.78, 5) is 16.0. The van der Waals surface area contributed by atoms with Gasteiger partial charge in [-0.05, 0) is 25.0 Å². The minimum absolute atomic E-state index is 0.221. The van der Waals surface area contributed by atoms with E-state index in [4.69, 9.17) is 10.00 Å². The number of aromatic nitrogens is 1. The summed E-state index contributed by atoms with van der Waals surface area (Å²) in [5, 5.41) is 9.67. The summed E-state index contributed by atoms with van der Waals surface area (Å²) in [5.41, 5.74) is 0.463. The number of hydrogen-bond acceptors (Lipinski definition) is 5. The Morgan fingerprint density at radius 2 is 2.33 bits per heavy atom. The fourth-order valence-electron chi connectivity index (χ4n) is 1.98. The maximum Gasteiger partial charge on any atom is 0.341 e. The lowest BCUT2D eigenvalue weighted by atomic mass is 10.3. The Morgan fingerprint density at radius 1 is 1.56 bits per heavy atom. The molecule has 5 heteroatoms. The number of nitrogens with zero attached hydrogens (tertiary/aromatic N) is 2. The van der Waals surface area contributed by atoms with Gasteiger partial charge in [0.05, 0.1) is 5.56 Å². The van der Waals surface area contributed by atoms with E-state index in [0.29, 0.717) is 15.8 Å². The molecular weight excluding hydrogens is 248 g/mol. The van der Waals surface area contributed by atoms with Gasteiger partial charge in [-0.15, -0.1) is 11.8 Å². The number of pyridine rings is 1. The Morgan fingerprint density at radius 3 is 3.06 bits per heavy atom. The highest BCUT2D eigenvalue weighted by Gasteiger charge is 2.21. The molecule has 1 fully saturated rings. The Balaban J connectivity index is 2.09. The molecule has 94 valence electrons. The van der Waals surface area contributed by atoms with Gasteiger partial charge in [-0.2, -0.15) is 5.26 Å². The SMILES string of the molecule is N#CCOC(=O)c1cccnc1SC1CCCC1. The van der Waals surface area contributed by atoms with Gasteiger partial charge in [-0.25, -0.2) is 9.78 Å². The molecule has 18 heavy (non-hydrogen) atoms. The largest absolute Gasteiger partial charge is 0.447 e. The van der Waals surface area contributed by atoms with Gasteiger partial charge in [-0.3, -0.25) is 0 Å². The quantitative estimate of drug-likeness (QED) is 0.781. The van der Waals surface area contributed by atoms with E-state index in [9.17, 15) is 4.79 Å². The van der Waals surface area contributed by atoms with Crippen LogP contribution >= 0.6 is 11.8 Å². The summed E-state index contributed by atoms with van der Waals surface area (Å²) in [6.07, 6.45) is 6.53. The number of nitriles is 1. The predicted molar refractivity (Wildman–Crippen MR) is 68.2 cm³/mol. The van der Waals surface area contributed by atoms with E-state index < -0.39 is 5.97 Å². The average Bonchev–Trinajstić information content (AvgIpc) is 2.89. The van der Waals surface area contributed by atoms with E-state index in [0.717, 1.165) is 0 Å². The third-order valence-corrected chi connectivity index (χ3v) is 4.19. The molecule has 1 heterocycles. The highest BCUT2D eigenvalue weighted by atomic mass is 32.2. The molecule has 1 aliphatic carbocycles. The second-order valence-electron chi connectivity index (χ2n) is 4.11. The van der Waals surface area contributed by atoms with E-state index in [-0.39, 0.29) is 6.61 Å². The second kappa shape index (κ2) is 6.41. The lowest BCUT2D eigenvalue weighted by Crippen LogP contribution is -2.08. The summed E-state index contributed by atoms with van der Waals surface area (Å²) in [6, 6.07) is 5.20. The zero-order chi connectivity index (χ0) is 12.8. The van der Waals surface area contributed by atoms with E-state index in [2.05, 4.69) is 4.98 Å². The summed E-state index contributed by atoms with van der Waals surface area (Å²) in [5.74, 6) is -0.467. The van der Waals surface area contributed by atoms with Crippen molar-refractivity contribution in [2.24, 2.45) is 0 Å². The predicted octanol–water partition coefficient (Wildman–Crippen LogP) is 2.80. The van der Waals surface area contributed by atoms with Crippen molar-refractivity contribution >= 4 is 17.7 Å². The number of carbonyl (C=O) groups is 1. The maximum atomic E-state index is 11.8. The fraction of sp³-hybridized carbons (Fsp3) is 0.462. The molecule has 4 nitrogen and oxygen atoms in total. The van der Waals surface area contributed by atoms with Crippen LogP contribution in [0.5, 0.6) is 0 Å². The van der Waals surface area contributed by atoms with Crippen molar-refractivity contribution in [3.63, 3.8) is 0 Å². The van der Waals surface area contributed by atoms with Crippen LogP contribution < -0.4 is 0 Å². The van der Waals surface area contributed by atoms with Gasteiger partial charge < -0.3 is 4.74 Å². The fourth-order valence-corrected chi connectivity index (χ4v) is 3.26. The molecule has 0 aliphatic heterocycles. The van der Waals surface area contributed by atoms with Gasteiger partial charge >= 0.3 is 5.97 Å².